The molecule has 1 fully saturated rings. The van der Waals surface area contributed by atoms with Crippen molar-refractivity contribution < 1.29 is 9.47 Å². The molecule has 6 rings (SSSR count). The summed E-state index contributed by atoms with van der Waals surface area (Å²) >= 11 is 0. The lowest BCUT2D eigenvalue weighted by Gasteiger charge is -2.13. The molecule has 3 aromatic heterocycles. The van der Waals surface area contributed by atoms with Crippen LogP contribution in [-0.4, -0.2) is 49.2 Å². The van der Waals surface area contributed by atoms with Gasteiger partial charge >= 0.3 is 0 Å². The Labute approximate surface area is 214 Å². The van der Waals surface area contributed by atoms with Crippen molar-refractivity contribution in [1.82, 2.24) is 29.5 Å². The first kappa shape index (κ1) is 23.1. The van der Waals surface area contributed by atoms with Gasteiger partial charge in [0.25, 0.3) is 0 Å². The molecule has 2 N–H and O–H groups in total. The third-order valence-corrected chi connectivity index (χ3v) is 6.60. The number of ether oxygens (including phenoxy) is 2. The first-order valence-corrected chi connectivity index (χ1v) is 12.4. The van der Waals surface area contributed by atoms with Crippen LogP contribution >= 0.6 is 0 Å². The van der Waals surface area contributed by atoms with Crippen molar-refractivity contribution in [3.05, 3.63) is 60.8 Å². The molecule has 0 aliphatic carbocycles. The van der Waals surface area contributed by atoms with Crippen molar-refractivity contribution in [2.75, 3.05) is 30.4 Å². The second-order valence-corrected chi connectivity index (χ2v) is 9.31. The molecule has 0 spiro atoms. The molecule has 4 heterocycles. The predicted octanol–water partition coefficient (Wildman–Crippen LogP) is 4.99. The summed E-state index contributed by atoms with van der Waals surface area (Å²) in [5, 5.41) is 6.70. The lowest BCUT2D eigenvalue weighted by atomic mass is 10.1. The molecule has 188 valence electrons. The van der Waals surface area contributed by atoms with E-state index in [0.29, 0.717) is 28.7 Å². The number of rotatable bonds is 8. The Morgan fingerprint density at radius 1 is 1.08 bits per heavy atom. The summed E-state index contributed by atoms with van der Waals surface area (Å²) in [5.41, 5.74) is 5.15. The topological polar surface area (TPSA) is 112 Å². The molecule has 0 radical (unpaired) electrons. The Morgan fingerprint density at radius 3 is 2.89 bits per heavy atom. The molecule has 37 heavy (non-hydrogen) atoms. The third kappa shape index (κ3) is 5.01. The van der Waals surface area contributed by atoms with Crippen LogP contribution in [0.2, 0.25) is 0 Å². The minimum Gasteiger partial charge on any atom is -0.457 e. The molecular formula is C27H28N8O2. The van der Waals surface area contributed by atoms with E-state index in [-0.39, 0.29) is 0 Å². The highest BCUT2D eigenvalue weighted by Gasteiger charge is 2.15. The van der Waals surface area contributed by atoms with Gasteiger partial charge in [-0.1, -0.05) is 0 Å². The average molecular weight is 497 g/mol. The van der Waals surface area contributed by atoms with E-state index in [9.17, 15) is 0 Å². The van der Waals surface area contributed by atoms with Crippen molar-refractivity contribution >= 4 is 39.5 Å². The minimum atomic E-state index is 0.564. The first-order valence-electron chi connectivity index (χ1n) is 12.4. The molecule has 10 nitrogen and oxygen atoms in total. The molecule has 1 aliphatic heterocycles. The van der Waals surface area contributed by atoms with Gasteiger partial charge in [0.15, 0.2) is 5.82 Å². The van der Waals surface area contributed by atoms with Gasteiger partial charge in [-0.2, -0.15) is 0 Å². The highest BCUT2D eigenvalue weighted by molar-refractivity contribution is 5.87. The Morgan fingerprint density at radius 2 is 2.03 bits per heavy atom. The molecule has 2 aromatic carbocycles. The van der Waals surface area contributed by atoms with E-state index in [4.69, 9.17) is 9.47 Å². The quantitative estimate of drug-likeness (QED) is 0.307. The fourth-order valence-corrected chi connectivity index (χ4v) is 4.51. The van der Waals surface area contributed by atoms with E-state index in [1.807, 2.05) is 54.9 Å². The summed E-state index contributed by atoms with van der Waals surface area (Å²) in [7, 11) is 1.98. The Bertz CT molecular complexity index is 1560. The van der Waals surface area contributed by atoms with E-state index >= 15 is 0 Å². The van der Waals surface area contributed by atoms with Crippen LogP contribution in [0.4, 0.5) is 17.5 Å². The summed E-state index contributed by atoms with van der Waals surface area (Å²) in [4.78, 5) is 22.3. The van der Waals surface area contributed by atoms with Gasteiger partial charge in [0.05, 0.1) is 23.6 Å². The second-order valence-electron chi connectivity index (χ2n) is 9.31. The minimum absolute atomic E-state index is 0.564. The van der Waals surface area contributed by atoms with Gasteiger partial charge in [0, 0.05) is 38.6 Å². The van der Waals surface area contributed by atoms with Crippen LogP contribution in [0.5, 0.6) is 11.5 Å². The van der Waals surface area contributed by atoms with Crippen molar-refractivity contribution in [3.63, 3.8) is 0 Å². The number of aromatic nitrogens is 6. The number of hydrogen-bond acceptors (Lipinski definition) is 9. The number of fused-ring (bicyclic) bond motifs is 2. The fraction of sp³-hybridized carbons (Fsp3) is 0.296. The smallest absolute Gasteiger partial charge is 0.223 e. The van der Waals surface area contributed by atoms with E-state index in [1.165, 1.54) is 6.33 Å². The molecule has 0 saturated carbocycles. The van der Waals surface area contributed by atoms with Crippen LogP contribution in [0.1, 0.15) is 18.4 Å². The maximum Gasteiger partial charge on any atom is 0.223 e. The van der Waals surface area contributed by atoms with Crippen molar-refractivity contribution in [1.29, 1.82) is 0 Å². The van der Waals surface area contributed by atoms with E-state index in [0.717, 1.165) is 66.4 Å². The van der Waals surface area contributed by atoms with Crippen LogP contribution in [0.15, 0.2) is 55.2 Å². The van der Waals surface area contributed by atoms with E-state index in [2.05, 4.69) is 35.6 Å². The Kier molecular flexibility index (Phi) is 6.23. The largest absolute Gasteiger partial charge is 0.457 e. The fourth-order valence-electron chi connectivity index (χ4n) is 4.51. The summed E-state index contributed by atoms with van der Waals surface area (Å²) < 4.78 is 13.6. The molecule has 1 aliphatic rings. The molecule has 5 aromatic rings. The van der Waals surface area contributed by atoms with Crippen LogP contribution < -0.4 is 15.4 Å². The van der Waals surface area contributed by atoms with Crippen LogP contribution in [-0.2, 0) is 11.8 Å². The number of anilines is 3. The SMILES string of the molecule is Cc1cc(Nc2ncnc3cnc(NCCC4CCOC4)nc23)ccc1Oc1ccc2c(c1)ncn2C. The van der Waals surface area contributed by atoms with Gasteiger partial charge in [-0.3, -0.25) is 0 Å². The normalized spacial score (nSPS) is 15.4. The number of imidazole rings is 1. The zero-order chi connectivity index (χ0) is 25.2. The van der Waals surface area contributed by atoms with Gasteiger partial charge in [-0.05, 0) is 61.6 Å². The van der Waals surface area contributed by atoms with Crippen LogP contribution in [0.25, 0.3) is 22.1 Å². The van der Waals surface area contributed by atoms with Gasteiger partial charge in [-0.25, -0.2) is 24.9 Å². The van der Waals surface area contributed by atoms with Gasteiger partial charge in [0.1, 0.15) is 28.9 Å². The van der Waals surface area contributed by atoms with Gasteiger partial charge < -0.3 is 24.7 Å². The van der Waals surface area contributed by atoms with E-state index < -0.39 is 0 Å². The Hall–Kier alpha value is -4.31. The lowest BCUT2D eigenvalue weighted by molar-refractivity contribution is 0.185. The third-order valence-electron chi connectivity index (χ3n) is 6.60. The number of hydrogen-bond donors (Lipinski definition) is 2. The van der Waals surface area contributed by atoms with Crippen molar-refractivity contribution in [3.8, 4) is 11.5 Å². The standard InChI is InChI=1S/C27H28N8O2/c1-17-11-19(3-6-24(17)37-20-4-5-23-21(12-20)32-16-35(23)2)33-26-25-22(30-15-31-26)13-29-27(34-25)28-9-7-18-8-10-36-14-18/h3-6,11-13,15-16,18H,7-10,14H2,1-2H3,(H,28,29,34)(H,30,31,33). The maximum absolute atomic E-state index is 6.15. The number of aryl methyl sites for hydroxylation is 2. The molecule has 10 heteroatoms. The summed E-state index contributed by atoms with van der Waals surface area (Å²) in [6.45, 7) is 4.50. The van der Waals surface area contributed by atoms with Gasteiger partial charge in [0.2, 0.25) is 5.95 Å². The highest BCUT2D eigenvalue weighted by atomic mass is 16.5. The molecule has 1 saturated heterocycles. The zero-order valence-corrected chi connectivity index (χ0v) is 20.8. The second kappa shape index (κ2) is 9.98. The monoisotopic (exact) mass is 496 g/mol. The lowest BCUT2D eigenvalue weighted by Crippen LogP contribution is -2.11. The first-order chi connectivity index (χ1) is 18.1. The van der Waals surface area contributed by atoms with Crippen molar-refractivity contribution in [2.45, 2.75) is 19.8 Å². The van der Waals surface area contributed by atoms with E-state index in [1.54, 1.807) is 12.5 Å². The average Bonchev–Trinajstić information content (AvgIpc) is 3.56. The molecule has 0 bridgehead atoms. The summed E-state index contributed by atoms with van der Waals surface area (Å²) in [6.07, 6.45) is 7.18. The molecular weight excluding hydrogens is 468 g/mol. The maximum atomic E-state index is 6.15. The highest BCUT2D eigenvalue weighted by Crippen LogP contribution is 2.31. The molecule has 1 unspecified atom stereocenters. The molecule has 0 amide bonds. The predicted molar refractivity (Wildman–Crippen MR) is 142 cm³/mol. The number of benzene rings is 2. The number of nitrogens with one attached hydrogen (secondary N) is 2. The summed E-state index contributed by atoms with van der Waals surface area (Å²) in [5.74, 6) is 3.30. The van der Waals surface area contributed by atoms with Crippen molar-refractivity contribution in [2.24, 2.45) is 13.0 Å². The summed E-state index contributed by atoms with van der Waals surface area (Å²) in [6, 6.07) is 11.8. The molecule has 1 atom stereocenters. The van der Waals surface area contributed by atoms with Crippen LogP contribution in [0.3, 0.4) is 0 Å². The van der Waals surface area contributed by atoms with Gasteiger partial charge in [-0.15, -0.1) is 0 Å². The Balaban J connectivity index is 1.17. The van der Waals surface area contributed by atoms with Crippen LogP contribution in [0, 0.1) is 12.8 Å². The number of nitrogens with zero attached hydrogens (tertiary/aromatic N) is 6. The zero-order valence-electron chi connectivity index (χ0n) is 20.8.